The molecule has 0 aliphatic rings. The minimum absolute atomic E-state index is 1.03. The highest BCUT2D eigenvalue weighted by Gasteiger charge is 1.73. The van der Waals surface area contributed by atoms with E-state index in [1.54, 1.807) is 0 Å². The van der Waals surface area contributed by atoms with Gasteiger partial charge in [0.25, 0.3) is 5.09 Å². The van der Waals surface area contributed by atoms with Gasteiger partial charge in [-0.15, -0.1) is 20.0 Å². The molecule has 9 nitrogen and oxygen atoms in total. The highest BCUT2D eigenvalue weighted by atomic mass is 16.9. The molecule has 1 aromatic heterocycles. The molecule has 1 rings (SSSR count). The van der Waals surface area contributed by atoms with E-state index in [0.717, 1.165) is 4.79 Å². The van der Waals surface area contributed by atoms with E-state index in [4.69, 9.17) is 21.2 Å². The van der Waals surface area contributed by atoms with Gasteiger partial charge in [0.15, 0.2) is 6.33 Å². The Balaban J connectivity index is 0.000000180. The number of hydrogen-bond donors (Lipinski definition) is 2. The first-order valence-corrected chi connectivity index (χ1v) is 1.94. The van der Waals surface area contributed by atoms with Crippen LogP contribution in [-0.4, -0.2) is 30.6 Å². The van der Waals surface area contributed by atoms with E-state index in [1.165, 1.54) is 6.33 Å². The fourth-order valence-electron chi connectivity index (χ4n) is 0.168. The monoisotopic (exact) mass is 148 g/mol. The van der Waals surface area contributed by atoms with Gasteiger partial charge in [-0.25, -0.2) is 0 Å². The largest absolute Gasteiger partial charge is 0.328 e. The lowest BCUT2D eigenvalue weighted by atomic mass is 11.4. The summed E-state index contributed by atoms with van der Waals surface area (Å²) in [6.45, 7) is 0. The molecule has 0 amide bonds. The lowest BCUT2D eigenvalue weighted by Crippen LogP contribution is -2.07. The summed E-state index contributed by atoms with van der Waals surface area (Å²) in [7, 11) is 0. The number of aromatic nitrogens is 4. The fourth-order valence-corrected chi connectivity index (χ4v) is 0.168. The van der Waals surface area contributed by atoms with Crippen LogP contribution in [0, 0.1) is 10.1 Å². The summed E-state index contributed by atoms with van der Waals surface area (Å²) in [5, 5.41) is 23.3. The Morgan fingerprint density at radius 2 is 2.30 bits per heavy atom. The van der Waals surface area contributed by atoms with Gasteiger partial charge in [0.1, 0.15) is 0 Å². The van der Waals surface area contributed by atoms with Gasteiger partial charge in [-0.05, 0) is 10.4 Å². The van der Waals surface area contributed by atoms with E-state index in [1.807, 2.05) is 0 Å². The van der Waals surface area contributed by atoms with Gasteiger partial charge in [0.2, 0.25) is 0 Å². The molecule has 9 heteroatoms. The molecule has 0 aliphatic carbocycles. The van der Waals surface area contributed by atoms with Gasteiger partial charge in [-0.3, -0.25) is 0 Å². The Bertz CT molecular complexity index is 177. The molecule has 0 radical (unpaired) electrons. The molecule has 1 heterocycles. The third kappa shape index (κ3) is 6.07. The van der Waals surface area contributed by atoms with Crippen LogP contribution in [0.1, 0.15) is 0 Å². The van der Waals surface area contributed by atoms with Crippen LogP contribution in [0.25, 0.3) is 0 Å². The van der Waals surface area contributed by atoms with Crippen molar-refractivity contribution in [1.82, 2.24) is 20.3 Å². The van der Waals surface area contributed by atoms with Crippen LogP contribution in [0.3, 0.4) is 0 Å². The Morgan fingerprint density at radius 3 is 2.40 bits per heavy atom. The van der Waals surface area contributed by atoms with Gasteiger partial charge in [0, 0.05) is 0 Å². The van der Waals surface area contributed by atoms with Gasteiger partial charge in [-0.2, -0.15) is 0 Å². The predicted octanol–water partition coefficient (Wildman–Crippen LogP) is -1.96. The van der Waals surface area contributed by atoms with Crippen molar-refractivity contribution in [3.8, 4) is 0 Å². The second-order valence-electron chi connectivity index (χ2n) is 1.03. The molecular weight excluding hydrogens is 144 g/mol. The van der Waals surface area contributed by atoms with E-state index in [-0.39, 0.29) is 0 Å². The van der Waals surface area contributed by atoms with Crippen molar-refractivity contribution < 1.29 is 10.3 Å². The summed E-state index contributed by atoms with van der Waals surface area (Å²) >= 11 is 0. The Morgan fingerprint density at radius 1 is 1.80 bits per heavy atom. The van der Waals surface area contributed by atoms with Crippen LogP contribution >= 0.6 is 0 Å². The zero-order valence-electron chi connectivity index (χ0n) is 4.65. The number of rotatable bonds is 0. The van der Waals surface area contributed by atoms with Crippen molar-refractivity contribution in [2.45, 2.75) is 0 Å². The maximum Gasteiger partial charge on any atom is 0.291 e. The van der Waals surface area contributed by atoms with Crippen molar-refractivity contribution >= 4 is 0 Å². The average Bonchev–Trinajstić information content (AvgIpc) is 2.15. The predicted molar refractivity (Wildman–Crippen MR) is 26.7 cm³/mol. The van der Waals surface area contributed by atoms with Crippen LogP contribution in [0.4, 0.5) is 0 Å². The van der Waals surface area contributed by atoms with E-state index in [0.29, 0.717) is 0 Å². The van der Waals surface area contributed by atoms with Crippen LogP contribution < -0.4 is 5.84 Å². The van der Waals surface area contributed by atoms with Crippen molar-refractivity contribution in [2.24, 2.45) is 0 Å². The molecular formula is CH4N6O3. The van der Waals surface area contributed by atoms with E-state index >= 15 is 0 Å². The van der Waals surface area contributed by atoms with E-state index < -0.39 is 5.09 Å². The standard InChI is InChI=1S/CH3N5.HNO3/c2-6-1-3-4-5-6;2-1(3)4/h1H,2H2;(H,2,3,4). The first-order chi connectivity index (χ1) is 4.63. The minimum atomic E-state index is -1.50. The number of nitrogens with two attached hydrogens (primary N) is 1. The van der Waals surface area contributed by atoms with Crippen LogP contribution in [0.2, 0.25) is 0 Å². The molecule has 0 atom stereocenters. The van der Waals surface area contributed by atoms with E-state index in [2.05, 4.69) is 15.5 Å². The highest BCUT2D eigenvalue weighted by molar-refractivity contribution is 4.38. The first-order valence-electron chi connectivity index (χ1n) is 1.94. The summed E-state index contributed by atoms with van der Waals surface area (Å²) in [5.74, 6) is 4.96. The highest BCUT2D eigenvalue weighted by Crippen LogP contribution is 1.53. The molecule has 0 aromatic carbocycles. The zero-order chi connectivity index (χ0) is 7.98. The number of hydrogen-bond acceptors (Lipinski definition) is 6. The maximum atomic E-state index is 8.36. The quantitative estimate of drug-likeness (QED) is 0.248. The van der Waals surface area contributed by atoms with Gasteiger partial charge in [0.05, 0.1) is 0 Å². The average molecular weight is 148 g/mol. The molecule has 0 unspecified atom stereocenters. The lowest BCUT2D eigenvalue weighted by Gasteiger charge is -1.73. The summed E-state index contributed by atoms with van der Waals surface area (Å²) in [6.07, 6.45) is 1.31. The normalized spacial score (nSPS) is 7.60. The third-order valence-corrected chi connectivity index (χ3v) is 0.365. The molecule has 0 aliphatic heterocycles. The summed E-state index contributed by atoms with van der Waals surface area (Å²) in [6, 6.07) is 0. The molecule has 0 bridgehead atoms. The van der Waals surface area contributed by atoms with E-state index in [9.17, 15) is 0 Å². The Kier molecular flexibility index (Phi) is 3.23. The fraction of sp³-hybridized carbons (Fsp3) is 0. The molecule has 10 heavy (non-hydrogen) atoms. The van der Waals surface area contributed by atoms with Crippen molar-refractivity contribution in [3.05, 3.63) is 16.4 Å². The third-order valence-electron chi connectivity index (χ3n) is 0.365. The molecule has 56 valence electrons. The molecule has 0 saturated carbocycles. The van der Waals surface area contributed by atoms with Gasteiger partial charge in [-0.1, -0.05) is 0 Å². The van der Waals surface area contributed by atoms with Crippen LogP contribution in [0.15, 0.2) is 6.33 Å². The van der Waals surface area contributed by atoms with Gasteiger partial charge >= 0.3 is 0 Å². The summed E-state index contributed by atoms with van der Waals surface area (Å²) in [5.41, 5.74) is 0. The maximum absolute atomic E-state index is 8.36. The smallest absolute Gasteiger partial charge is 0.291 e. The van der Waals surface area contributed by atoms with Crippen molar-refractivity contribution in [3.63, 3.8) is 0 Å². The number of nitrogens with zero attached hydrogens (tertiary/aromatic N) is 5. The molecule has 1 aromatic rings. The van der Waals surface area contributed by atoms with Crippen molar-refractivity contribution in [1.29, 1.82) is 0 Å². The number of tetrazole rings is 1. The van der Waals surface area contributed by atoms with Crippen LogP contribution in [0.5, 0.6) is 0 Å². The molecule has 3 N–H and O–H groups in total. The SMILES string of the molecule is Nn1cnnn1.O=[N+]([O-])O. The minimum Gasteiger partial charge on any atom is -0.328 e. The number of nitrogen functional groups attached to an aromatic ring is 1. The topological polar surface area (TPSA) is 133 Å². The molecule has 0 fully saturated rings. The zero-order valence-corrected chi connectivity index (χ0v) is 4.65. The lowest BCUT2D eigenvalue weighted by molar-refractivity contribution is -0.742. The summed E-state index contributed by atoms with van der Waals surface area (Å²) in [4.78, 5) is 9.39. The van der Waals surface area contributed by atoms with Crippen molar-refractivity contribution in [2.75, 3.05) is 5.84 Å². The molecule has 0 saturated heterocycles. The molecule has 0 spiro atoms. The second kappa shape index (κ2) is 4.00. The second-order valence-corrected chi connectivity index (χ2v) is 1.03. The van der Waals surface area contributed by atoms with Gasteiger partial charge < -0.3 is 11.0 Å². The Labute approximate surface area is 54.1 Å². The Hall–Kier alpha value is -1.93. The van der Waals surface area contributed by atoms with Crippen LogP contribution in [-0.2, 0) is 0 Å². The first kappa shape index (κ1) is 8.07. The summed E-state index contributed by atoms with van der Waals surface area (Å²) < 4.78 is 0.